The van der Waals surface area contributed by atoms with Gasteiger partial charge in [-0.15, -0.1) is 0 Å². The summed E-state index contributed by atoms with van der Waals surface area (Å²) in [6, 6.07) is 0. The van der Waals surface area contributed by atoms with Crippen LogP contribution >= 0.6 is 27.7 Å². The molecule has 4 heteroatoms. The lowest BCUT2D eigenvalue weighted by Gasteiger charge is -2.09. The van der Waals surface area contributed by atoms with Gasteiger partial charge in [0.1, 0.15) is 0 Å². The summed E-state index contributed by atoms with van der Waals surface area (Å²) in [6.07, 6.45) is 4.58. The van der Waals surface area contributed by atoms with Crippen LogP contribution < -0.4 is 5.32 Å². The van der Waals surface area contributed by atoms with Crippen LogP contribution in [-0.2, 0) is 4.79 Å². The van der Waals surface area contributed by atoms with E-state index in [1.165, 1.54) is 12.8 Å². The van der Waals surface area contributed by atoms with E-state index in [0.29, 0.717) is 0 Å². The van der Waals surface area contributed by atoms with Crippen LogP contribution in [0.2, 0.25) is 0 Å². The number of halogens is 1. The van der Waals surface area contributed by atoms with Crippen LogP contribution in [0.15, 0.2) is 0 Å². The van der Waals surface area contributed by atoms with Gasteiger partial charge in [0.05, 0.1) is 0 Å². The first kappa shape index (κ1) is 12.4. The molecule has 0 spiro atoms. The first-order chi connectivity index (χ1) is 6.84. The van der Waals surface area contributed by atoms with Gasteiger partial charge in [0.25, 0.3) is 0 Å². The molecule has 2 nitrogen and oxygen atoms in total. The smallest absolute Gasteiger partial charge is 0.223 e. The minimum Gasteiger partial charge on any atom is -0.356 e. The molecule has 0 aromatic heterocycles. The van der Waals surface area contributed by atoms with E-state index >= 15 is 0 Å². The maximum atomic E-state index is 11.5. The van der Waals surface area contributed by atoms with Crippen LogP contribution in [-0.4, -0.2) is 29.3 Å². The summed E-state index contributed by atoms with van der Waals surface area (Å²) in [5.74, 6) is 2.74. The van der Waals surface area contributed by atoms with Gasteiger partial charge >= 0.3 is 0 Å². The van der Waals surface area contributed by atoms with Crippen LogP contribution in [0.25, 0.3) is 0 Å². The Morgan fingerprint density at radius 3 is 2.93 bits per heavy atom. The maximum absolute atomic E-state index is 11.5. The molecule has 1 atom stereocenters. The van der Waals surface area contributed by atoms with Gasteiger partial charge in [-0.25, -0.2) is 0 Å². The molecule has 1 amide bonds. The number of hydrogen-bond donors (Lipinski definition) is 1. The van der Waals surface area contributed by atoms with Crippen molar-refractivity contribution in [3.63, 3.8) is 0 Å². The zero-order valence-electron chi connectivity index (χ0n) is 8.43. The van der Waals surface area contributed by atoms with Crippen molar-refractivity contribution in [3.05, 3.63) is 0 Å². The highest BCUT2D eigenvalue weighted by Gasteiger charge is 2.22. The van der Waals surface area contributed by atoms with Gasteiger partial charge in [0.15, 0.2) is 0 Å². The molecule has 0 radical (unpaired) electrons. The van der Waals surface area contributed by atoms with E-state index < -0.39 is 0 Å². The van der Waals surface area contributed by atoms with Crippen molar-refractivity contribution >= 4 is 33.6 Å². The van der Waals surface area contributed by atoms with E-state index in [2.05, 4.69) is 21.2 Å². The predicted molar refractivity (Wildman–Crippen MR) is 66.1 cm³/mol. The Morgan fingerprint density at radius 2 is 2.29 bits per heavy atom. The van der Waals surface area contributed by atoms with E-state index in [4.69, 9.17) is 0 Å². The average Bonchev–Trinajstić information content (AvgIpc) is 2.70. The van der Waals surface area contributed by atoms with Crippen molar-refractivity contribution in [2.24, 2.45) is 5.92 Å². The Labute approximate surface area is 98.7 Å². The third-order valence-electron chi connectivity index (χ3n) is 2.41. The van der Waals surface area contributed by atoms with Crippen molar-refractivity contribution < 1.29 is 4.79 Å². The Bertz CT molecular complexity index is 172. The molecule has 1 unspecified atom stereocenters. The summed E-state index contributed by atoms with van der Waals surface area (Å²) in [4.78, 5) is 11.5. The number of thioether (sulfide) groups is 1. The molecule has 0 saturated carbocycles. The van der Waals surface area contributed by atoms with Crippen molar-refractivity contribution in [1.29, 1.82) is 0 Å². The molecule has 0 aromatic carbocycles. The zero-order valence-corrected chi connectivity index (χ0v) is 10.8. The van der Waals surface area contributed by atoms with Gasteiger partial charge in [0, 0.05) is 23.5 Å². The van der Waals surface area contributed by atoms with Gasteiger partial charge in [0.2, 0.25) is 5.91 Å². The van der Waals surface area contributed by atoms with Crippen molar-refractivity contribution in [2.75, 3.05) is 23.4 Å². The number of carbonyl (C=O) groups is 1. The Hall–Kier alpha value is 0.300. The normalized spacial score (nSPS) is 21.1. The average molecular weight is 280 g/mol. The molecule has 1 aliphatic rings. The minimum absolute atomic E-state index is 0.272. The summed E-state index contributed by atoms with van der Waals surface area (Å²) in [5.41, 5.74) is 0. The number of nitrogens with one attached hydrogen (secondary N) is 1. The van der Waals surface area contributed by atoms with E-state index in [9.17, 15) is 4.79 Å². The highest BCUT2D eigenvalue weighted by atomic mass is 79.9. The molecule has 1 N–H and O–H groups in total. The molecule has 0 bridgehead atoms. The van der Waals surface area contributed by atoms with Gasteiger partial charge in [-0.05, 0) is 25.0 Å². The van der Waals surface area contributed by atoms with Crippen LogP contribution in [0.3, 0.4) is 0 Å². The molecular formula is C10H18BrNOS. The van der Waals surface area contributed by atoms with Crippen LogP contribution in [0.5, 0.6) is 0 Å². The Morgan fingerprint density at radius 1 is 1.43 bits per heavy atom. The van der Waals surface area contributed by atoms with Gasteiger partial charge in [-0.2, -0.15) is 11.8 Å². The fraction of sp³-hybridized carbons (Fsp3) is 0.900. The molecule has 1 aliphatic heterocycles. The van der Waals surface area contributed by atoms with Gasteiger partial charge in [-0.1, -0.05) is 22.4 Å². The number of rotatable bonds is 6. The number of alkyl halides is 1. The summed E-state index contributed by atoms with van der Waals surface area (Å²) in [7, 11) is 0. The fourth-order valence-corrected chi connectivity index (χ4v) is 3.11. The van der Waals surface area contributed by atoms with Gasteiger partial charge < -0.3 is 5.32 Å². The zero-order chi connectivity index (χ0) is 10.2. The monoisotopic (exact) mass is 279 g/mol. The molecule has 1 heterocycles. The first-order valence-corrected chi connectivity index (χ1v) is 7.53. The highest BCUT2D eigenvalue weighted by Crippen LogP contribution is 2.23. The third kappa shape index (κ3) is 4.69. The molecule has 14 heavy (non-hydrogen) atoms. The van der Waals surface area contributed by atoms with E-state index in [0.717, 1.165) is 36.2 Å². The number of unbranched alkanes of at least 4 members (excludes halogenated alkanes) is 2. The van der Waals surface area contributed by atoms with E-state index in [-0.39, 0.29) is 11.8 Å². The first-order valence-electron chi connectivity index (χ1n) is 5.26. The predicted octanol–water partition coefficient (Wildman–Crippen LogP) is 2.42. The summed E-state index contributed by atoms with van der Waals surface area (Å²) < 4.78 is 0. The topological polar surface area (TPSA) is 29.1 Å². The van der Waals surface area contributed by atoms with Crippen molar-refractivity contribution in [3.8, 4) is 0 Å². The number of hydrogen-bond acceptors (Lipinski definition) is 2. The summed E-state index contributed by atoms with van der Waals surface area (Å²) in [6.45, 7) is 0.854. The number of amides is 1. The van der Waals surface area contributed by atoms with Crippen molar-refractivity contribution in [2.45, 2.75) is 25.7 Å². The third-order valence-corrected chi connectivity index (χ3v) is 4.13. The van der Waals surface area contributed by atoms with E-state index in [1.807, 2.05) is 11.8 Å². The maximum Gasteiger partial charge on any atom is 0.223 e. The lowest BCUT2D eigenvalue weighted by atomic mass is 10.1. The second kappa shape index (κ2) is 7.57. The molecule has 1 rings (SSSR count). The standard InChI is InChI=1S/C10H18BrNOS/c11-5-2-1-3-6-12-10(13)9-4-7-14-8-9/h9H,1-8H2,(H,12,13). The van der Waals surface area contributed by atoms with Gasteiger partial charge in [-0.3, -0.25) is 4.79 Å². The minimum atomic E-state index is 0.272. The fourth-order valence-electron chi connectivity index (χ4n) is 1.49. The van der Waals surface area contributed by atoms with Crippen molar-refractivity contribution in [1.82, 2.24) is 5.32 Å². The van der Waals surface area contributed by atoms with Crippen LogP contribution in [0.4, 0.5) is 0 Å². The molecule has 1 fully saturated rings. The second-order valence-corrected chi connectivity index (χ2v) is 5.54. The molecule has 0 aromatic rings. The molecule has 0 aliphatic carbocycles. The molecule has 82 valence electrons. The number of carbonyl (C=O) groups excluding carboxylic acids is 1. The largest absolute Gasteiger partial charge is 0.356 e. The quantitative estimate of drug-likeness (QED) is 0.598. The summed E-state index contributed by atoms with van der Waals surface area (Å²) >= 11 is 5.29. The van der Waals surface area contributed by atoms with E-state index in [1.54, 1.807) is 0 Å². The SMILES string of the molecule is O=C(NCCCCCBr)C1CCSC1. The molecule has 1 saturated heterocycles. The second-order valence-electron chi connectivity index (χ2n) is 3.60. The summed E-state index contributed by atoms with van der Waals surface area (Å²) in [5, 5.41) is 4.09. The highest BCUT2D eigenvalue weighted by molar-refractivity contribution is 9.09. The molecular weight excluding hydrogens is 262 g/mol. The Balaban J connectivity index is 1.97. The van der Waals surface area contributed by atoms with Crippen LogP contribution in [0, 0.1) is 5.92 Å². The Kier molecular flexibility index (Phi) is 6.69. The van der Waals surface area contributed by atoms with Crippen LogP contribution in [0.1, 0.15) is 25.7 Å². The lowest BCUT2D eigenvalue weighted by Crippen LogP contribution is -2.31. The lowest BCUT2D eigenvalue weighted by molar-refractivity contribution is -0.124.